The lowest BCUT2D eigenvalue weighted by Gasteiger charge is -2.35. The van der Waals surface area contributed by atoms with Gasteiger partial charge >= 0.3 is 0 Å². The standard InChI is InChI=1S/C68H47NO/c1-67(2)59-32-16-14-27-52(59)54-41-40-49(42-61(54)67)69(48-24-10-5-11-25-48)62-34-19-35-63-64(62)58-43-57(51-26-12-13-29-56(51)66(58)70-63)45-38-36-44(37-39-45)50-30-18-31-55-53-28-15-17-33-60(53)68(65(50)55,46-20-6-3-7-21-46)47-22-8-4-9-23-47/h3-43H,1-2H3. The molecule has 70 heavy (non-hydrogen) atoms. The van der Waals surface area contributed by atoms with Crippen LogP contribution in [0.3, 0.4) is 0 Å². The molecule has 0 unspecified atom stereocenters. The Morgan fingerprint density at radius 2 is 0.900 bits per heavy atom. The van der Waals surface area contributed by atoms with Crippen LogP contribution < -0.4 is 4.90 Å². The van der Waals surface area contributed by atoms with Gasteiger partial charge in [-0.15, -0.1) is 0 Å². The quantitative estimate of drug-likeness (QED) is 0.158. The van der Waals surface area contributed by atoms with Crippen molar-refractivity contribution in [3.8, 4) is 44.5 Å². The van der Waals surface area contributed by atoms with Gasteiger partial charge in [0, 0.05) is 27.6 Å². The molecule has 12 aromatic rings. The Balaban J connectivity index is 0.948. The first-order valence-electron chi connectivity index (χ1n) is 24.4. The summed E-state index contributed by atoms with van der Waals surface area (Å²) in [5.41, 5.74) is 22.2. The van der Waals surface area contributed by atoms with E-state index in [0.29, 0.717) is 0 Å². The fourth-order valence-corrected chi connectivity index (χ4v) is 12.5. The SMILES string of the molecule is CC1(C)c2ccccc2-c2ccc(N(c3ccccc3)c3cccc4oc5c6ccccc6c(-c6ccc(-c7cccc8c7C(c7ccccc7)(c7ccccc7)c7ccccc7-8)cc6)cc5c34)cc21. The van der Waals surface area contributed by atoms with Gasteiger partial charge in [0.15, 0.2) is 0 Å². The molecule has 2 nitrogen and oxygen atoms in total. The van der Waals surface area contributed by atoms with Crippen molar-refractivity contribution in [2.24, 2.45) is 0 Å². The van der Waals surface area contributed by atoms with Crippen molar-refractivity contribution in [3.63, 3.8) is 0 Å². The Bertz CT molecular complexity index is 3970. The topological polar surface area (TPSA) is 16.4 Å². The molecule has 0 saturated carbocycles. The normalized spacial score (nSPS) is 13.8. The molecule has 2 heteroatoms. The molecule has 0 fully saturated rings. The average molecular weight is 894 g/mol. The maximum absolute atomic E-state index is 6.98. The number of furan rings is 1. The Kier molecular flexibility index (Phi) is 8.88. The highest BCUT2D eigenvalue weighted by molar-refractivity contribution is 6.22. The lowest BCUT2D eigenvalue weighted by molar-refractivity contribution is 0.660. The number of anilines is 3. The van der Waals surface area contributed by atoms with Crippen molar-refractivity contribution in [2.45, 2.75) is 24.7 Å². The molecule has 0 radical (unpaired) electrons. The predicted molar refractivity (Wildman–Crippen MR) is 292 cm³/mol. The van der Waals surface area contributed by atoms with Crippen molar-refractivity contribution in [1.29, 1.82) is 0 Å². The van der Waals surface area contributed by atoms with Gasteiger partial charge in [-0.05, 0) is 126 Å². The molecular weight excluding hydrogens is 847 g/mol. The first-order valence-corrected chi connectivity index (χ1v) is 24.4. The van der Waals surface area contributed by atoms with Crippen LogP contribution in [0.4, 0.5) is 17.1 Å². The van der Waals surface area contributed by atoms with Crippen molar-refractivity contribution in [2.75, 3.05) is 4.90 Å². The third-order valence-electron chi connectivity index (χ3n) is 15.5. The molecule has 0 bridgehead atoms. The van der Waals surface area contributed by atoms with E-state index in [9.17, 15) is 0 Å². The maximum Gasteiger partial charge on any atom is 0.143 e. The summed E-state index contributed by atoms with van der Waals surface area (Å²) in [6.45, 7) is 4.71. The van der Waals surface area contributed by atoms with Crippen molar-refractivity contribution in [3.05, 3.63) is 282 Å². The van der Waals surface area contributed by atoms with Crippen LogP contribution in [0.1, 0.15) is 47.2 Å². The number of nitrogens with zero attached hydrogens (tertiary/aromatic N) is 1. The second-order valence-corrected chi connectivity index (χ2v) is 19.5. The molecule has 0 saturated heterocycles. The lowest BCUT2D eigenvalue weighted by atomic mass is 9.66. The summed E-state index contributed by atoms with van der Waals surface area (Å²) < 4.78 is 6.98. The minimum absolute atomic E-state index is 0.138. The van der Waals surface area contributed by atoms with Crippen molar-refractivity contribution in [1.82, 2.24) is 0 Å². The van der Waals surface area contributed by atoms with Crippen LogP contribution >= 0.6 is 0 Å². The summed E-state index contributed by atoms with van der Waals surface area (Å²) in [4.78, 5) is 2.42. The minimum atomic E-state index is -0.500. The van der Waals surface area contributed by atoms with Gasteiger partial charge in [-0.2, -0.15) is 0 Å². The minimum Gasteiger partial charge on any atom is -0.455 e. The van der Waals surface area contributed by atoms with Crippen molar-refractivity contribution < 1.29 is 4.42 Å². The molecule has 1 aromatic heterocycles. The van der Waals surface area contributed by atoms with E-state index in [1.807, 2.05) is 0 Å². The van der Waals surface area contributed by atoms with Gasteiger partial charge in [0.2, 0.25) is 0 Å². The van der Waals surface area contributed by atoms with E-state index in [4.69, 9.17) is 4.42 Å². The molecular formula is C68H47NO. The molecule has 1 heterocycles. The van der Waals surface area contributed by atoms with Crippen LogP contribution in [0, 0.1) is 0 Å². The number of benzene rings is 11. The van der Waals surface area contributed by atoms with Gasteiger partial charge in [-0.25, -0.2) is 0 Å². The third kappa shape index (κ3) is 5.74. The first kappa shape index (κ1) is 40.4. The van der Waals surface area contributed by atoms with E-state index in [1.54, 1.807) is 0 Å². The Labute approximate surface area is 408 Å². The van der Waals surface area contributed by atoms with E-state index >= 15 is 0 Å². The lowest BCUT2D eigenvalue weighted by Crippen LogP contribution is -2.29. The number of hydrogen-bond donors (Lipinski definition) is 0. The molecule has 0 amide bonds. The van der Waals surface area contributed by atoms with Gasteiger partial charge < -0.3 is 9.32 Å². The average Bonchev–Trinajstić information content (AvgIpc) is 4.04. The van der Waals surface area contributed by atoms with E-state index in [0.717, 1.165) is 55.3 Å². The zero-order valence-electron chi connectivity index (χ0n) is 39.0. The second kappa shape index (κ2) is 15.4. The molecule has 330 valence electrons. The zero-order chi connectivity index (χ0) is 46.6. The van der Waals surface area contributed by atoms with E-state index in [-0.39, 0.29) is 5.41 Å². The number of para-hydroxylation sites is 1. The molecule has 11 aromatic carbocycles. The van der Waals surface area contributed by atoms with Gasteiger partial charge in [0.05, 0.1) is 16.5 Å². The monoisotopic (exact) mass is 893 g/mol. The highest BCUT2D eigenvalue weighted by atomic mass is 16.3. The summed E-state index contributed by atoms with van der Waals surface area (Å²) >= 11 is 0. The van der Waals surface area contributed by atoms with E-state index in [1.165, 1.54) is 72.3 Å². The second-order valence-electron chi connectivity index (χ2n) is 19.5. The van der Waals surface area contributed by atoms with Gasteiger partial charge in [0.1, 0.15) is 11.2 Å². The summed E-state index contributed by atoms with van der Waals surface area (Å²) in [5, 5.41) is 4.43. The summed E-state index contributed by atoms with van der Waals surface area (Å²) in [5.74, 6) is 0. The van der Waals surface area contributed by atoms with Crippen LogP contribution in [-0.2, 0) is 10.8 Å². The fraction of sp³-hybridized carbons (Fsp3) is 0.0588. The molecule has 0 aliphatic heterocycles. The van der Waals surface area contributed by atoms with Gasteiger partial charge in [-0.1, -0.05) is 220 Å². The van der Waals surface area contributed by atoms with Gasteiger partial charge in [-0.3, -0.25) is 0 Å². The number of hydrogen-bond acceptors (Lipinski definition) is 2. The van der Waals surface area contributed by atoms with E-state index in [2.05, 4.69) is 267 Å². The van der Waals surface area contributed by atoms with Crippen LogP contribution in [0.5, 0.6) is 0 Å². The molecule has 0 spiro atoms. The zero-order valence-corrected chi connectivity index (χ0v) is 39.0. The smallest absolute Gasteiger partial charge is 0.143 e. The highest BCUT2D eigenvalue weighted by Gasteiger charge is 2.47. The maximum atomic E-state index is 6.98. The molecule has 0 atom stereocenters. The Morgan fingerprint density at radius 1 is 0.357 bits per heavy atom. The third-order valence-corrected chi connectivity index (χ3v) is 15.5. The molecule has 0 N–H and O–H groups in total. The largest absolute Gasteiger partial charge is 0.455 e. The summed E-state index contributed by atoms with van der Waals surface area (Å²) in [7, 11) is 0. The number of fused-ring (bicyclic) bond motifs is 11. The van der Waals surface area contributed by atoms with Crippen LogP contribution in [0.2, 0.25) is 0 Å². The molecule has 2 aliphatic rings. The Morgan fingerprint density at radius 3 is 1.61 bits per heavy atom. The van der Waals surface area contributed by atoms with Crippen LogP contribution in [0.25, 0.3) is 77.2 Å². The predicted octanol–water partition coefficient (Wildman–Crippen LogP) is 18.2. The van der Waals surface area contributed by atoms with Gasteiger partial charge in [0.25, 0.3) is 0 Å². The van der Waals surface area contributed by atoms with Crippen LogP contribution in [-0.4, -0.2) is 0 Å². The first-order chi connectivity index (χ1) is 34.5. The molecule has 2 aliphatic carbocycles. The van der Waals surface area contributed by atoms with E-state index < -0.39 is 5.41 Å². The highest BCUT2D eigenvalue weighted by Crippen LogP contribution is 2.59. The number of rotatable bonds is 7. The summed E-state index contributed by atoms with van der Waals surface area (Å²) in [6.07, 6.45) is 0. The molecule has 14 rings (SSSR count). The summed E-state index contributed by atoms with van der Waals surface area (Å²) in [6, 6.07) is 91.6. The Hall–Kier alpha value is -8.72. The fourth-order valence-electron chi connectivity index (χ4n) is 12.5. The van der Waals surface area contributed by atoms with Crippen molar-refractivity contribution >= 4 is 49.8 Å². The van der Waals surface area contributed by atoms with Crippen LogP contribution in [0.15, 0.2) is 253 Å².